The van der Waals surface area contributed by atoms with Crippen molar-refractivity contribution in [2.75, 3.05) is 5.73 Å². The summed E-state index contributed by atoms with van der Waals surface area (Å²) in [4.78, 5) is 4.48. The highest BCUT2D eigenvalue weighted by atomic mass is 14.7. The Morgan fingerprint density at radius 3 is 2.83 bits per heavy atom. The highest BCUT2D eigenvalue weighted by molar-refractivity contribution is 5.85. The first-order chi connectivity index (χ1) is 11.1. The van der Waals surface area contributed by atoms with E-state index in [1.807, 2.05) is 6.20 Å². The molecule has 0 spiro atoms. The van der Waals surface area contributed by atoms with Gasteiger partial charge in [-0.1, -0.05) is 44.6 Å². The summed E-state index contributed by atoms with van der Waals surface area (Å²) in [5, 5.41) is 0. The molecule has 0 aliphatic heterocycles. The quantitative estimate of drug-likeness (QED) is 0.790. The molecule has 1 aromatic heterocycles. The molecule has 2 aromatic rings. The Hall–Kier alpha value is -2.09. The van der Waals surface area contributed by atoms with Gasteiger partial charge >= 0.3 is 0 Å². The summed E-state index contributed by atoms with van der Waals surface area (Å²) >= 11 is 0. The lowest BCUT2D eigenvalue weighted by molar-refractivity contribution is 0.701. The van der Waals surface area contributed by atoms with Gasteiger partial charge in [-0.2, -0.15) is 0 Å². The van der Waals surface area contributed by atoms with Crippen molar-refractivity contribution in [2.24, 2.45) is 5.92 Å². The monoisotopic (exact) mass is 306 g/mol. The van der Waals surface area contributed by atoms with E-state index >= 15 is 0 Å². The van der Waals surface area contributed by atoms with Crippen molar-refractivity contribution in [3.8, 4) is 11.1 Å². The lowest BCUT2D eigenvalue weighted by Crippen LogP contribution is -1.99. The summed E-state index contributed by atoms with van der Waals surface area (Å²) in [6.45, 7) is 6.53. The van der Waals surface area contributed by atoms with Gasteiger partial charge < -0.3 is 5.73 Å². The molecule has 2 N–H and O–H groups in total. The molecule has 1 aliphatic carbocycles. The zero-order valence-electron chi connectivity index (χ0n) is 14.4. The maximum absolute atomic E-state index is 6.52. The summed E-state index contributed by atoms with van der Waals surface area (Å²) in [5.41, 5.74) is 14.9. The molecule has 0 amide bonds. The summed E-state index contributed by atoms with van der Waals surface area (Å²) in [5.74, 6) is 0.569. The van der Waals surface area contributed by atoms with E-state index in [0.29, 0.717) is 5.92 Å². The van der Waals surface area contributed by atoms with Gasteiger partial charge in [0.25, 0.3) is 0 Å². The van der Waals surface area contributed by atoms with Crippen LogP contribution in [0.25, 0.3) is 17.2 Å². The molecule has 0 fully saturated rings. The maximum atomic E-state index is 6.52. The molecule has 0 bridgehead atoms. The summed E-state index contributed by atoms with van der Waals surface area (Å²) in [7, 11) is 0. The molecule has 2 nitrogen and oxygen atoms in total. The number of nitrogen functional groups attached to an aromatic ring is 1. The third-order valence-corrected chi connectivity index (χ3v) is 5.04. The predicted octanol–water partition coefficient (Wildman–Crippen LogP) is 5.19. The van der Waals surface area contributed by atoms with E-state index in [-0.39, 0.29) is 0 Å². The van der Waals surface area contributed by atoms with E-state index in [1.54, 1.807) is 0 Å². The smallest absolute Gasteiger partial charge is 0.0451 e. The minimum atomic E-state index is 0.569. The lowest BCUT2D eigenvalue weighted by Gasteiger charge is -2.14. The number of aromatic nitrogens is 1. The summed E-state index contributed by atoms with van der Waals surface area (Å²) in [6, 6.07) is 6.54. The van der Waals surface area contributed by atoms with E-state index < -0.39 is 0 Å². The Kier molecular flexibility index (Phi) is 4.51. The largest absolute Gasteiger partial charge is 0.398 e. The Bertz CT molecular complexity index is 744. The van der Waals surface area contributed by atoms with E-state index in [4.69, 9.17) is 5.73 Å². The first-order valence-corrected chi connectivity index (χ1v) is 8.66. The van der Waals surface area contributed by atoms with Gasteiger partial charge in [-0.05, 0) is 54.9 Å². The number of rotatable bonds is 4. The van der Waals surface area contributed by atoms with Gasteiger partial charge in [0.05, 0.1) is 0 Å². The second-order valence-electron chi connectivity index (χ2n) is 6.62. The average Bonchev–Trinajstić information content (AvgIpc) is 3.03. The maximum Gasteiger partial charge on any atom is 0.0451 e. The normalized spacial score (nSPS) is 15.1. The molecule has 2 heteroatoms. The van der Waals surface area contributed by atoms with Crippen LogP contribution in [-0.2, 0) is 12.8 Å². The Balaban J connectivity index is 2.11. The van der Waals surface area contributed by atoms with Crippen LogP contribution >= 0.6 is 0 Å². The van der Waals surface area contributed by atoms with Gasteiger partial charge in [0.15, 0.2) is 0 Å². The van der Waals surface area contributed by atoms with Gasteiger partial charge in [-0.15, -0.1) is 0 Å². The number of anilines is 1. The minimum Gasteiger partial charge on any atom is -0.398 e. The van der Waals surface area contributed by atoms with Crippen molar-refractivity contribution in [3.05, 3.63) is 52.9 Å². The highest BCUT2D eigenvalue weighted by Gasteiger charge is 2.18. The van der Waals surface area contributed by atoms with Gasteiger partial charge in [-0.25, -0.2) is 0 Å². The van der Waals surface area contributed by atoms with Crippen LogP contribution in [0.4, 0.5) is 5.69 Å². The number of nitrogens with two attached hydrogens (primary N) is 1. The fraction of sp³-hybridized carbons (Fsp3) is 0.381. The number of nitrogens with zero attached hydrogens (tertiary/aromatic N) is 1. The molecule has 0 saturated carbocycles. The SMILES string of the molecule is CCC(C)/C=C\c1c(-c2ccc3c(c2N)CCC3)ccnc1C. The second kappa shape index (κ2) is 6.57. The number of hydrogen-bond donors (Lipinski definition) is 1. The molecular weight excluding hydrogens is 280 g/mol. The predicted molar refractivity (Wildman–Crippen MR) is 99.3 cm³/mol. The highest BCUT2D eigenvalue weighted by Crippen LogP contribution is 2.37. The van der Waals surface area contributed by atoms with Crippen LogP contribution in [0.15, 0.2) is 30.5 Å². The summed E-state index contributed by atoms with van der Waals surface area (Å²) < 4.78 is 0. The number of allylic oxidation sites excluding steroid dienone is 1. The van der Waals surface area contributed by atoms with Crippen LogP contribution in [0.1, 0.15) is 49.1 Å². The molecular formula is C21H26N2. The Labute approximate surface area is 139 Å². The number of hydrogen-bond acceptors (Lipinski definition) is 2. The Morgan fingerprint density at radius 1 is 1.22 bits per heavy atom. The van der Waals surface area contributed by atoms with E-state index in [1.165, 1.54) is 28.7 Å². The lowest BCUT2D eigenvalue weighted by atomic mass is 9.93. The van der Waals surface area contributed by atoms with Crippen molar-refractivity contribution >= 4 is 11.8 Å². The van der Waals surface area contributed by atoms with Gasteiger partial charge in [0.1, 0.15) is 0 Å². The van der Waals surface area contributed by atoms with Crippen LogP contribution in [0.5, 0.6) is 0 Å². The van der Waals surface area contributed by atoms with Crippen LogP contribution < -0.4 is 5.73 Å². The molecule has 23 heavy (non-hydrogen) atoms. The number of fused-ring (bicyclic) bond motifs is 1. The van der Waals surface area contributed by atoms with Crippen LogP contribution in [0, 0.1) is 12.8 Å². The minimum absolute atomic E-state index is 0.569. The topological polar surface area (TPSA) is 38.9 Å². The van der Waals surface area contributed by atoms with E-state index in [0.717, 1.165) is 36.2 Å². The zero-order chi connectivity index (χ0) is 16.4. The zero-order valence-corrected chi connectivity index (χ0v) is 14.4. The Morgan fingerprint density at radius 2 is 2.04 bits per heavy atom. The first-order valence-electron chi connectivity index (χ1n) is 8.66. The van der Waals surface area contributed by atoms with Crippen molar-refractivity contribution in [2.45, 2.75) is 46.5 Å². The average molecular weight is 306 g/mol. The van der Waals surface area contributed by atoms with Crippen molar-refractivity contribution in [1.82, 2.24) is 4.98 Å². The van der Waals surface area contributed by atoms with Gasteiger partial charge in [0, 0.05) is 28.7 Å². The van der Waals surface area contributed by atoms with Crippen molar-refractivity contribution in [1.29, 1.82) is 0 Å². The molecule has 0 saturated heterocycles. The molecule has 0 radical (unpaired) electrons. The molecule has 1 unspecified atom stereocenters. The third-order valence-electron chi connectivity index (χ3n) is 5.04. The molecule has 120 valence electrons. The molecule has 1 heterocycles. The number of benzene rings is 1. The molecule has 1 aromatic carbocycles. The second-order valence-corrected chi connectivity index (χ2v) is 6.62. The standard InChI is InChI=1S/C21H26N2/c1-4-14(2)8-10-17-15(3)23-13-12-19(17)20-11-9-16-6-5-7-18(16)21(20)22/h8-14H,4-7,22H2,1-3H3/b10-8-. The molecule has 1 aliphatic rings. The fourth-order valence-corrected chi connectivity index (χ4v) is 3.35. The van der Waals surface area contributed by atoms with Crippen LogP contribution in [0.3, 0.4) is 0 Å². The first kappa shape index (κ1) is 15.8. The van der Waals surface area contributed by atoms with Gasteiger partial charge in [-0.3, -0.25) is 4.98 Å². The fourth-order valence-electron chi connectivity index (χ4n) is 3.35. The van der Waals surface area contributed by atoms with Crippen molar-refractivity contribution < 1.29 is 0 Å². The van der Waals surface area contributed by atoms with Crippen LogP contribution in [0.2, 0.25) is 0 Å². The number of pyridine rings is 1. The van der Waals surface area contributed by atoms with E-state index in [9.17, 15) is 0 Å². The van der Waals surface area contributed by atoms with Gasteiger partial charge in [0.2, 0.25) is 0 Å². The number of aryl methyl sites for hydroxylation is 2. The summed E-state index contributed by atoms with van der Waals surface area (Å²) in [6.07, 6.45) is 11.0. The van der Waals surface area contributed by atoms with Crippen molar-refractivity contribution in [3.63, 3.8) is 0 Å². The molecule has 1 atom stereocenters. The van der Waals surface area contributed by atoms with E-state index in [2.05, 4.69) is 56.1 Å². The van der Waals surface area contributed by atoms with Crippen LogP contribution in [-0.4, -0.2) is 4.98 Å². The molecule has 3 rings (SSSR count). The third kappa shape index (κ3) is 3.03.